The normalized spacial score (nSPS) is 15.6. The molecule has 1 heterocycles. The summed E-state index contributed by atoms with van der Waals surface area (Å²) < 4.78 is 38.8. The lowest BCUT2D eigenvalue weighted by molar-refractivity contribution is 0.0368. The summed E-state index contributed by atoms with van der Waals surface area (Å²) in [5, 5.41) is 0. The molecule has 0 atom stereocenters. The molecule has 1 saturated heterocycles. The van der Waals surface area contributed by atoms with Gasteiger partial charge in [0.25, 0.3) is 0 Å². The van der Waals surface area contributed by atoms with Crippen molar-refractivity contribution < 1.29 is 17.9 Å². The number of hydrogen-bond donors (Lipinski definition) is 0. The van der Waals surface area contributed by atoms with Crippen LogP contribution in [0.4, 0.5) is 0 Å². The monoisotopic (exact) mass is 418 g/mol. The average molecular weight is 419 g/mol. The quantitative estimate of drug-likeness (QED) is 0.627. The molecule has 0 bridgehead atoms. The third-order valence-electron chi connectivity index (χ3n) is 5.16. The number of benzene rings is 2. The third-order valence-corrected chi connectivity index (χ3v) is 7.02. The van der Waals surface area contributed by atoms with Gasteiger partial charge in [0.15, 0.2) is 0 Å². The van der Waals surface area contributed by atoms with Crippen LogP contribution in [0.1, 0.15) is 17.5 Å². The predicted octanol–water partition coefficient (Wildman–Crippen LogP) is 2.92. The van der Waals surface area contributed by atoms with Gasteiger partial charge in [-0.05, 0) is 49.7 Å². The zero-order valence-electron chi connectivity index (χ0n) is 17.2. The molecular formula is C22H30N2O4S. The summed E-state index contributed by atoms with van der Waals surface area (Å²) >= 11 is 0. The molecule has 3 rings (SSSR count). The van der Waals surface area contributed by atoms with E-state index in [0.717, 1.165) is 56.1 Å². The van der Waals surface area contributed by atoms with Crippen molar-refractivity contribution >= 4 is 10.0 Å². The van der Waals surface area contributed by atoms with E-state index in [4.69, 9.17) is 9.47 Å². The summed E-state index contributed by atoms with van der Waals surface area (Å²) in [6.07, 6.45) is 0.779. The van der Waals surface area contributed by atoms with Crippen LogP contribution in [-0.4, -0.2) is 64.1 Å². The van der Waals surface area contributed by atoms with Crippen LogP contribution in [-0.2, 0) is 21.3 Å². The Labute approximate surface area is 174 Å². The first-order chi connectivity index (χ1) is 14.0. The second-order valence-electron chi connectivity index (χ2n) is 7.31. The summed E-state index contributed by atoms with van der Waals surface area (Å²) in [5.41, 5.74) is 1.98. The molecule has 1 fully saturated rings. The molecule has 2 aromatic rings. The number of methoxy groups -OCH3 is 1. The Bertz CT molecular complexity index is 861. The first kappa shape index (κ1) is 21.8. The minimum atomic E-state index is -3.58. The standard InChI is InChI=1S/C22H30N2O4S/c1-19-4-10-22(11-5-19)29(25,26)24(13-3-12-23-14-16-28-17-15-23)18-20-6-8-21(27-2)9-7-20/h4-11H,3,12-18H2,1-2H3. The molecular weight excluding hydrogens is 388 g/mol. The number of hydrogen-bond acceptors (Lipinski definition) is 5. The van der Waals surface area contributed by atoms with Gasteiger partial charge in [0.1, 0.15) is 5.75 Å². The molecule has 2 aromatic carbocycles. The third kappa shape index (κ3) is 6.02. The van der Waals surface area contributed by atoms with Crippen LogP contribution in [0.2, 0.25) is 0 Å². The van der Waals surface area contributed by atoms with Crippen molar-refractivity contribution in [1.29, 1.82) is 0 Å². The van der Waals surface area contributed by atoms with Gasteiger partial charge < -0.3 is 9.47 Å². The fourth-order valence-corrected chi connectivity index (χ4v) is 4.84. The number of ether oxygens (including phenoxy) is 2. The van der Waals surface area contributed by atoms with Gasteiger partial charge in [0, 0.05) is 26.2 Å². The molecule has 0 radical (unpaired) electrons. The van der Waals surface area contributed by atoms with Gasteiger partial charge in [0.2, 0.25) is 10.0 Å². The van der Waals surface area contributed by atoms with E-state index < -0.39 is 10.0 Å². The minimum absolute atomic E-state index is 0.336. The smallest absolute Gasteiger partial charge is 0.243 e. The molecule has 0 aliphatic carbocycles. The molecule has 1 aliphatic rings. The maximum absolute atomic E-state index is 13.3. The van der Waals surface area contributed by atoms with Crippen molar-refractivity contribution in [2.75, 3.05) is 46.5 Å². The fourth-order valence-electron chi connectivity index (χ4n) is 3.37. The Morgan fingerprint density at radius 3 is 2.31 bits per heavy atom. The van der Waals surface area contributed by atoms with Crippen molar-refractivity contribution in [3.63, 3.8) is 0 Å². The van der Waals surface area contributed by atoms with Gasteiger partial charge in [-0.3, -0.25) is 4.90 Å². The number of rotatable bonds is 9. The molecule has 6 nitrogen and oxygen atoms in total. The van der Waals surface area contributed by atoms with Crippen molar-refractivity contribution in [2.45, 2.75) is 24.8 Å². The highest BCUT2D eigenvalue weighted by atomic mass is 32.2. The lowest BCUT2D eigenvalue weighted by Gasteiger charge is -2.28. The predicted molar refractivity (Wildman–Crippen MR) is 114 cm³/mol. The second kappa shape index (κ2) is 10.2. The Hall–Kier alpha value is -1.93. The summed E-state index contributed by atoms with van der Waals surface area (Å²) in [6.45, 7) is 6.93. The lowest BCUT2D eigenvalue weighted by Crippen LogP contribution is -2.39. The first-order valence-corrected chi connectivity index (χ1v) is 11.4. The maximum Gasteiger partial charge on any atom is 0.243 e. The fraction of sp³-hybridized carbons (Fsp3) is 0.455. The Morgan fingerprint density at radius 1 is 1.03 bits per heavy atom. The number of morpholine rings is 1. The summed E-state index contributed by atoms with van der Waals surface area (Å²) in [5.74, 6) is 0.758. The average Bonchev–Trinajstić information content (AvgIpc) is 2.74. The minimum Gasteiger partial charge on any atom is -0.497 e. The van der Waals surface area contributed by atoms with E-state index in [-0.39, 0.29) is 0 Å². The Morgan fingerprint density at radius 2 is 1.69 bits per heavy atom. The van der Waals surface area contributed by atoms with E-state index >= 15 is 0 Å². The largest absolute Gasteiger partial charge is 0.497 e. The van der Waals surface area contributed by atoms with Crippen LogP contribution < -0.4 is 4.74 Å². The van der Waals surface area contributed by atoms with Crippen LogP contribution in [0.3, 0.4) is 0 Å². The van der Waals surface area contributed by atoms with Crippen LogP contribution in [0.25, 0.3) is 0 Å². The van der Waals surface area contributed by atoms with Gasteiger partial charge in [-0.1, -0.05) is 29.8 Å². The Balaban J connectivity index is 1.74. The zero-order valence-corrected chi connectivity index (χ0v) is 18.0. The van der Waals surface area contributed by atoms with Crippen LogP contribution >= 0.6 is 0 Å². The summed E-state index contributed by atoms with van der Waals surface area (Å²) in [6, 6.07) is 14.6. The lowest BCUT2D eigenvalue weighted by atomic mass is 10.2. The van der Waals surface area contributed by atoms with E-state index in [2.05, 4.69) is 4.90 Å². The zero-order chi connectivity index (χ0) is 20.7. The molecule has 0 spiro atoms. The summed E-state index contributed by atoms with van der Waals surface area (Å²) in [7, 11) is -1.96. The number of sulfonamides is 1. The molecule has 0 saturated carbocycles. The number of nitrogens with zero attached hydrogens (tertiary/aromatic N) is 2. The second-order valence-corrected chi connectivity index (χ2v) is 9.25. The highest BCUT2D eigenvalue weighted by Crippen LogP contribution is 2.21. The molecule has 7 heteroatoms. The van der Waals surface area contributed by atoms with Crippen molar-refractivity contribution in [1.82, 2.24) is 9.21 Å². The molecule has 0 unspecified atom stereocenters. The van der Waals surface area contributed by atoms with Crippen LogP contribution in [0.15, 0.2) is 53.4 Å². The molecule has 0 N–H and O–H groups in total. The van der Waals surface area contributed by atoms with E-state index in [1.54, 1.807) is 23.5 Å². The van der Waals surface area contributed by atoms with E-state index in [9.17, 15) is 8.42 Å². The summed E-state index contributed by atoms with van der Waals surface area (Å²) in [4.78, 5) is 2.66. The van der Waals surface area contributed by atoms with Crippen molar-refractivity contribution in [2.24, 2.45) is 0 Å². The Kier molecular flexibility index (Phi) is 7.66. The molecule has 1 aliphatic heterocycles. The van der Waals surface area contributed by atoms with Crippen molar-refractivity contribution in [3.05, 3.63) is 59.7 Å². The van der Waals surface area contributed by atoms with E-state index in [0.29, 0.717) is 18.0 Å². The number of aryl methyl sites for hydroxylation is 1. The highest BCUT2D eigenvalue weighted by molar-refractivity contribution is 7.89. The van der Waals surface area contributed by atoms with Gasteiger partial charge in [-0.2, -0.15) is 4.31 Å². The van der Waals surface area contributed by atoms with Gasteiger partial charge >= 0.3 is 0 Å². The maximum atomic E-state index is 13.3. The van der Waals surface area contributed by atoms with E-state index in [1.807, 2.05) is 43.3 Å². The highest BCUT2D eigenvalue weighted by Gasteiger charge is 2.24. The van der Waals surface area contributed by atoms with Crippen LogP contribution in [0, 0.1) is 6.92 Å². The van der Waals surface area contributed by atoms with E-state index in [1.165, 1.54) is 0 Å². The molecule has 158 valence electrons. The van der Waals surface area contributed by atoms with Gasteiger partial charge in [-0.25, -0.2) is 8.42 Å². The van der Waals surface area contributed by atoms with Crippen molar-refractivity contribution in [3.8, 4) is 5.75 Å². The van der Waals surface area contributed by atoms with Gasteiger partial charge in [0.05, 0.1) is 25.2 Å². The van der Waals surface area contributed by atoms with Gasteiger partial charge in [-0.15, -0.1) is 0 Å². The van der Waals surface area contributed by atoms with Crippen LogP contribution in [0.5, 0.6) is 5.75 Å². The SMILES string of the molecule is COc1ccc(CN(CCCN2CCOCC2)S(=O)(=O)c2ccc(C)cc2)cc1. The molecule has 0 amide bonds. The molecule has 0 aromatic heterocycles. The molecule has 29 heavy (non-hydrogen) atoms. The first-order valence-electron chi connectivity index (χ1n) is 9.99. The topological polar surface area (TPSA) is 59.1 Å².